The van der Waals surface area contributed by atoms with Crippen molar-refractivity contribution in [3.63, 3.8) is 0 Å². The molecule has 0 aliphatic carbocycles. The Balaban J connectivity index is 2.85. The Kier molecular flexibility index (Phi) is 6.61. The summed E-state index contributed by atoms with van der Waals surface area (Å²) in [6.45, 7) is 2.11. The molecule has 18 heavy (non-hydrogen) atoms. The minimum absolute atomic E-state index is 0.0596. The van der Waals surface area contributed by atoms with Gasteiger partial charge in [-0.2, -0.15) is 0 Å². The van der Waals surface area contributed by atoms with Crippen LogP contribution in [0.1, 0.15) is 25.3 Å². The van der Waals surface area contributed by atoms with Gasteiger partial charge in [0.25, 0.3) is 0 Å². The van der Waals surface area contributed by atoms with E-state index in [0.29, 0.717) is 17.0 Å². The Bertz CT molecular complexity index is 353. The van der Waals surface area contributed by atoms with Crippen LogP contribution >= 0.6 is 11.6 Å². The molecular formula is C14H21ClFNO. The Hall–Kier alpha value is -0.640. The Morgan fingerprint density at radius 1 is 1.44 bits per heavy atom. The second-order valence-electron chi connectivity index (χ2n) is 4.36. The van der Waals surface area contributed by atoms with Gasteiger partial charge in [0.15, 0.2) is 0 Å². The number of likely N-dealkylation sites (N-methyl/N-ethyl adjacent to an activating group) is 1. The molecule has 0 heterocycles. The summed E-state index contributed by atoms with van der Waals surface area (Å²) in [5, 5.41) is 3.66. The summed E-state index contributed by atoms with van der Waals surface area (Å²) in [4.78, 5) is 0. The molecule has 0 aliphatic heterocycles. The topological polar surface area (TPSA) is 21.3 Å². The molecule has 0 aromatic heterocycles. The van der Waals surface area contributed by atoms with Crippen molar-refractivity contribution in [1.29, 1.82) is 0 Å². The summed E-state index contributed by atoms with van der Waals surface area (Å²) in [6.07, 6.45) is 2.56. The van der Waals surface area contributed by atoms with E-state index in [4.69, 9.17) is 16.3 Å². The Morgan fingerprint density at radius 3 is 2.67 bits per heavy atom. The highest BCUT2D eigenvalue weighted by Crippen LogP contribution is 2.22. The third-order valence-corrected chi connectivity index (χ3v) is 3.54. The van der Waals surface area contributed by atoms with Crippen LogP contribution in [0.3, 0.4) is 0 Å². The molecule has 4 heteroatoms. The first kappa shape index (κ1) is 15.4. The first-order chi connectivity index (χ1) is 8.63. The molecule has 0 spiro atoms. The van der Waals surface area contributed by atoms with Gasteiger partial charge in [-0.3, -0.25) is 0 Å². The van der Waals surface area contributed by atoms with Crippen molar-refractivity contribution in [1.82, 2.24) is 5.32 Å². The summed E-state index contributed by atoms with van der Waals surface area (Å²) in [7, 11) is 3.55. The number of methoxy groups -OCH3 is 1. The van der Waals surface area contributed by atoms with Crippen molar-refractivity contribution in [3.05, 3.63) is 34.6 Å². The first-order valence-corrected chi connectivity index (χ1v) is 6.64. The number of hydrogen-bond acceptors (Lipinski definition) is 2. The van der Waals surface area contributed by atoms with Crippen molar-refractivity contribution in [2.24, 2.45) is 0 Å². The maximum absolute atomic E-state index is 13.7. The van der Waals surface area contributed by atoms with E-state index in [1.165, 1.54) is 6.07 Å². The van der Waals surface area contributed by atoms with E-state index < -0.39 is 0 Å². The molecule has 1 N–H and O–H groups in total. The second-order valence-corrected chi connectivity index (χ2v) is 4.77. The smallest absolute Gasteiger partial charge is 0.127 e. The number of benzene rings is 1. The molecule has 0 amide bonds. The van der Waals surface area contributed by atoms with E-state index in [1.807, 2.05) is 7.05 Å². The van der Waals surface area contributed by atoms with E-state index in [1.54, 1.807) is 19.2 Å². The number of hydrogen-bond donors (Lipinski definition) is 1. The van der Waals surface area contributed by atoms with Crippen LogP contribution in [-0.4, -0.2) is 26.3 Å². The lowest BCUT2D eigenvalue weighted by Gasteiger charge is -2.26. The number of nitrogens with one attached hydrogen (secondary N) is 1. The van der Waals surface area contributed by atoms with Crippen LogP contribution in [0.15, 0.2) is 18.2 Å². The van der Waals surface area contributed by atoms with Crippen LogP contribution in [0.4, 0.5) is 4.39 Å². The monoisotopic (exact) mass is 273 g/mol. The first-order valence-electron chi connectivity index (χ1n) is 6.27. The molecule has 1 rings (SSSR count). The molecule has 0 saturated heterocycles. The lowest BCUT2D eigenvalue weighted by atomic mass is 9.98. The summed E-state index contributed by atoms with van der Waals surface area (Å²) in [5.41, 5.74) is 0.552. The highest BCUT2D eigenvalue weighted by Gasteiger charge is 2.21. The van der Waals surface area contributed by atoms with E-state index in [0.717, 1.165) is 12.8 Å². The van der Waals surface area contributed by atoms with Gasteiger partial charge in [0.1, 0.15) is 5.82 Å². The van der Waals surface area contributed by atoms with Crippen molar-refractivity contribution in [2.75, 3.05) is 14.2 Å². The second kappa shape index (κ2) is 7.72. The van der Waals surface area contributed by atoms with E-state index in [2.05, 4.69) is 12.2 Å². The molecule has 1 aromatic carbocycles. The van der Waals surface area contributed by atoms with Crippen molar-refractivity contribution in [2.45, 2.75) is 38.3 Å². The van der Waals surface area contributed by atoms with Crippen LogP contribution in [0.5, 0.6) is 0 Å². The fourth-order valence-electron chi connectivity index (χ4n) is 2.13. The molecule has 0 fully saturated rings. The summed E-state index contributed by atoms with van der Waals surface area (Å²) >= 11 is 6.05. The van der Waals surface area contributed by atoms with Crippen molar-refractivity contribution < 1.29 is 9.13 Å². The standard InChI is InChI=1S/C14H21ClFNO/c1-4-6-14(18-3)13(17-2)9-10-11(15)7-5-8-12(10)16/h5,7-8,13-14,17H,4,6,9H2,1-3H3. The molecule has 0 saturated carbocycles. The van der Waals surface area contributed by atoms with Gasteiger partial charge in [-0.1, -0.05) is 31.0 Å². The normalized spacial score (nSPS) is 14.5. The van der Waals surface area contributed by atoms with Gasteiger partial charge in [0.05, 0.1) is 6.10 Å². The average Bonchev–Trinajstić information content (AvgIpc) is 2.36. The molecule has 102 valence electrons. The Labute approximate surface area is 113 Å². The zero-order valence-corrected chi connectivity index (χ0v) is 11.9. The average molecular weight is 274 g/mol. The zero-order chi connectivity index (χ0) is 13.5. The highest BCUT2D eigenvalue weighted by molar-refractivity contribution is 6.31. The summed E-state index contributed by atoms with van der Waals surface area (Å²) in [5.74, 6) is -0.255. The van der Waals surface area contributed by atoms with Gasteiger partial charge in [0, 0.05) is 23.7 Å². The molecule has 2 nitrogen and oxygen atoms in total. The minimum atomic E-state index is -0.255. The van der Waals surface area contributed by atoms with Gasteiger partial charge in [0.2, 0.25) is 0 Å². The summed E-state index contributed by atoms with van der Waals surface area (Å²) in [6, 6.07) is 4.84. The molecular weight excluding hydrogens is 253 g/mol. The van der Waals surface area contributed by atoms with Crippen molar-refractivity contribution in [3.8, 4) is 0 Å². The third-order valence-electron chi connectivity index (χ3n) is 3.18. The van der Waals surface area contributed by atoms with Gasteiger partial charge in [-0.05, 0) is 32.0 Å². The van der Waals surface area contributed by atoms with Crippen LogP contribution in [-0.2, 0) is 11.2 Å². The quantitative estimate of drug-likeness (QED) is 0.822. The summed E-state index contributed by atoms with van der Waals surface area (Å²) < 4.78 is 19.2. The van der Waals surface area contributed by atoms with Crippen LogP contribution in [0, 0.1) is 5.82 Å². The Morgan fingerprint density at radius 2 is 2.17 bits per heavy atom. The van der Waals surface area contributed by atoms with Crippen molar-refractivity contribution >= 4 is 11.6 Å². The largest absolute Gasteiger partial charge is 0.380 e. The minimum Gasteiger partial charge on any atom is -0.380 e. The van der Waals surface area contributed by atoms with Gasteiger partial charge >= 0.3 is 0 Å². The van der Waals surface area contributed by atoms with Crippen LogP contribution in [0.2, 0.25) is 5.02 Å². The molecule has 2 atom stereocenters. The molecule has 0 radical (unpaired) electrons. The third kappa shape index (κ3) is 3.94. The lowest BCUT2D eigenvalue weighted by Crippen LogP contribution is -2.40. The van der Waals surface area contributed by atoms with E-state index in [9.17, 15) is 4.39 Å². The lowest BCUT2D eigenvalue weighted by molar-refractivity contribution is 0.0631. The van der Waals surface area contributed by atoms with Gasteiger partial charge in [-0.15, -0.1) is 0 Å². The number of rotatable bonds is 7. The maximum Gasteiger partial charge on any atom is 0.127 e. The predicted octanol–water partition coefficient (Wildman–Crippen LogP) is 3.42. The van der Waals surface area contributed by atoms with E-state index >= 15 is 0 Å². The van der Waals surface area contributed by atoms with Crippen LogP contribution < -0.4 is 5.32 Å². The van der Waals surface area contributed by atoms with Gasteiger partial charge in [-0.25, -0.2) is 4.39 Å². The maximum atomic E-state index is 13.7. The van der Waals surface area contributed by atoms with Gasteiger partial charge < -0.3 is 10.1 Å². The number of ether oxygens (including phenoxy) is 1. The van der Waals surface area contributed by atoms with E-state index in [-0.39, 0.29) is 18.0 Å². The zero-order valence-electron chi connectivity index (χ0n) is 11.2. The molecule has 0 bridgehead atoms. The fourth-order valence-corrected chi connectivity index (χ4v) is 2.37. The fraction of sp³-hybridized carbons (Fsp3) is 0.571. The highest BCUT2D eigenvalue weighted by atomic mass is 35.5. The predicted molar refractivity (Wildman–Crippen MR) is 73.7 cm³/mol. The SMILES string of the molecule is CCCC(OC)C(Cc1c(F)cccc1Cl)NC. The molecule has 0 aliphatic rings. The van der Waals surface area contributed by atoms with Crippen LogP contribution in [0.25, 0.3) is 0 Å². The number of halogens is 2. The molecule has 2 unspecified atom stereocenters. The molecule has 1 aromatic rings.